The van der Waals surface area contributed by atoms with Gasteiger partial charge >= 0.3 is 31.1 Å². The van der Waals surface area contributed by atoms with E-state index in [9.17, 15) is 4.79 Å². The fourth-order valence-corrected chi connectivity index (χ4v) is 0.0722. The molecule has 0 atom stereocenters. The second kappa shape index (κ2) is 9.21. The molecule has 0 unspecified atom stereocenters. The molecule has 0 aromatic carbocycles. The second-order valence-electron chi connectivity index (χ2n) is 0.748. The van der Waals surface area contributed by atoms with E-state index < -0.39 is 0 Å². The summed E-state index contributed by atoms with van der Waals surface area (Å²) in [5.41, 5.74) is 0. The molecule has 0 aliphatic heterocycles. The van der Waals surface area contributed by atoms with Crippen molar-refractivity contribution in [2.45, 2.75) is 12.8 Å². The first kappa shape index (κ1) is 9.87. The molecule has 1 nitrogen and oxygen atoms in total. The molecule has 0 rings (SSSR count). The summed E-state index contributed by atoms with van der Waals surface area (Å²) in [6.07, 6.45) is 2.85. The van der Waals surface area contributed by atoms with E-state index in [0.29, 0.717) is 12.8 Å². The molecule has 0 aliphatic rings. The van der Waals surface area contributed by atoms with Crippen LogP contribution in [0.2, 0.25) is 0 Å². The third-order valence-corrected chi connectivity index (χ3v) is 0.279. The van der Waals surface area contributed by atoms with Crippen molar-refractivity contribution in [3.8, 4) is 0 Å². The van der Waals surface area contributed by atoms with Gasteiger partial charge in [-0.05, 0) is 0 Å². The Balaban J connectivity index is 0. The molecule has 0 saturated carbocycles. The monoisotopic (exact) mass is 308 g/mol. The largest absolute Gasteiger partial charge is 2.00 e. The van der Waals surface area contributed by atoms with E-state index in [0.717, 1.165) is 0 Å². The van der Waals surface area contributed by atoms with Crippen LogP contribution in [-0.4, -0.2) is 6.29 Å². The number of unbranched alkanes of at least 4 members (excludes halogenated alkanes) is 1. The Labute approximate surface area is 61.9 Å². The molecule has 0 spiro atoms. The molecule has 0 aromatic rings. The minimum absolute atomic E-state index is 0. The van der Waals surface area contributed by atoms with Gasteiger partial charge in [-0.15, -0.1) is 0 Å². The SMILES string of the molecule is [CH2-]CC[C-]=O.[U+2]. The van der Waals surface area contributed by atoms with Gasteiger partial charge in [-0.2, -0.15) is 6.42 Å². The van der Waals surface area contributed by atoms with Crippen molar-refractivity contribution in [3.63, 3.8) is 0 Å². The average molecular weight is 308 g/mol. The van der Waals surface area contributed by atoms with Crippen molar-refractivity contribution in [1.29, 1.82) is 0 Å². The van der Waals surface area contributed by atoms with Gasteiger partial charge in [0.15, 0.2) is 0 Å². The maximum absolute atomic E-state index is 9.24. The molecule has 0 fully saturated rings. The topological polar surface area (TPSA) is 17.1 Å². The Morgan fingerprint density at radius 3 is 2.17 bits per heavy atom. The Morgan fingerprint density at radius 2 is 2.17 bits per heavy atom. The van der Waals surface area contributed by atoms with E-state index in [1.54, 1.807) is 6.29 Å². The summed E-state index contributed by atoms with van der Waals surface area (Å²) in [6, 6.07) is 0. The molecule has 0 aromatic heterocycles. The van der Waals surface area contributed by atoms with Crippen LogP contribution in [0.1, 0.15) is 12.8 Å². The first-order valence-corrected chi connectivity index (χ1v) is 1.56. The molecular weight excluding hydrogens is 302 g/mol. The zero-order chi connectivity index (χ0) is 4.12. The summed E-state index contributed by atoms with van der Waals surface area (Å²) in [5, 5.41) is 0. The Bertz CT molecular complexity index is 28.7. The summed E-state index contributed by atoms with van der Waals surface area (Å²) in [4.78, 5) is 9.24. The van der Waals surface area contributed by atoms with E-state index in [1.807, 2.05) is 0 Å². The zero-order valence-corrected chi connectivity index (χ0v) is 7.69. The first-order chi connectivity index (χ1) is 2.41. The van der Waals surface area contributed by atoms with Crippen LogP contribution in [0.25, 0.3) is 0 Å². The maximum atomic E-state index is 9.24. The minimum atomic E-state index is 0. The molecule has 0 aliphatic carbocycles. The summed E-state index contributed by atoms with van der Waals surface area (Å²) >= 11 is 0. The van der Waals surface area contributed by atoms with Gasteiger partial charge in [-0.25, -0.2) is 6.42 Å². The number of rotatable bonds is 2. The Morgan fingerprint density at radius 1 is 1.67 bits per heavy atom. The minimum Gasteiger partial charge on any atom is -0.542 e. The predicted molar refractivity (Wildman–Crippen MR) is 20.3 cm³/mol. The van der Waals surface area contributed by atoms with Crippen LogP contribution in [0, 0.1) is 38.0 Å². The van der Waals surface area contributed by atoms with Crippen molar-refractivity contribution in [2.75, 3.05) is 0 Å². The van der Waals surface area contributed by atoms with Crippen LogP contribution < -0.4 is 0 Å². The molecule has 6 heavy (non-hydrogen) atoms. The summed E-state index contributed by atoms with van der Waals surface area (Å²) in [7, 11) is 0. The Hall–Kier alpha value is 0.722. The molecule has 0 radical (unpaired) electrons. The van der Waals surface area contributed by atoms with Gasteiger partial charge < -0.3 is 11.7 Å². The summed E-state index contributed by atoms with van der Waals surface area (Å²) < 4.78 is 0. The van der Waals surface area contributed by atoms with Crippen LogP contribution >= 0.6 is 0 Å². The van der Waals surface area contributed by atoms with Gasteiger partial charge in [0.25, 0.3) is 0 Å². The Kier molecular flexibility index (Phi) is 15.2. The van der Waals surface area contributed by atoms with E-state index in [-0.39, 0.29) is 31.1 Å². The standard InChI is InChI=1S/C4H6O.U/c1-2-3-4-5;/h1-3H2;/q-2;+2. The van der Waals surface area contributed by atoms with Crippen LogP contribution in [0.3, 0.4) is 0 Å². The van der Waals surface area contributed by atoms with Crippen LogP contribution in [0.15, 0.2) is 0 Å². The van der Waals surface area contributed by atoms with Crippen molar-refractivity contribution >= 4 is 6.29 Å². The van der Waals surface area contributed by atoms with Crippen LogP contribution in [-0.2, 0) is 4.79 Å². The van der Waals surface area contributed by atoms with E-state index >= 15 is 0 Å². The molecule has 0 amide bonds. The fourth-order valence-electron chi connectivity index (χ4n) is 0.0722. The molecule has 0 bridgehead atoms. The van der Waals surface area contributed by atoms with E-state index in [4.69, 9.17) is 0 Å². The normalized spacial score (nSPS) is 6.17. The third kappa shape index (κ3) is 8.83. The van der Waals surface area contributed by atoms with Crippen LogP contribution in [0.5, 0.6) is 0 Å². The molecular formula is C4H6OU. The van der Waals surface area contributed by atoms with Crippen LogP contribution in [0.4, 0.5) is 0 Å². The predicted octanol–water partition coefficient (Wildman–Crippen LogP) is 0.710. The molecule has 2 heteroatoms. The van der Waals surface area contributed by atoms with Crippen molar-refractivity contribution in [2.24, 2.45) is 0 Å². The number of hydrogen-bond acceptors (Lipinski definition) is 1. The first-order valence-electron chi connectivity index (χ1n) is 1.56. The average Bonchev–Trinajstić information content (AvgIpc) is 1.41. The van der Waals surface area contributed by atoms with Gasteiger partial charge in [0.05, 0.1) is 0 Å². The number of hydrogen-bond donors (Lipinski definition) is 0. The fraction of sp³-hybridized carbons (Fsp3) is 0.500. The van der Waals surface area contributed by atoms with E-state index in [1.165, 1.54) is 0 Å². The summed E-state index contributed by atoms with van der Waals surface area (Å²) in [5.74, 6) is 0. The van der Waals surface area contributed by atoms with Gasteiger partial charge in [0.2, 0.25) is 0 Å². The summed E-state index contributed by atoms with van der Waals surface area (Å²) in [6.45, 7) is 3.41. The smallest absolute Gasteiger partial charge is 0.542 e. The van der Waals surface area contributed by atoms with E-state index in [2.05, 4.69) is 6.92 Å². The van der Waals surface area contributed by atoms with Gasteiger partial charge in [0.1, 0.15) is 0 Å². The van der Waals surface area contributed by atoms with Gasteiger partial charge in [0, 0.05) is 0 Å². The molecule has 0 N–H and O–H groups in total. The van der Waals surface area contributed by atoms with Crippen molar-refractivity contribution in [3.05, 3.63) is 6.92 Å². The second-order valence-corrected chi connectivity index (χ2v) is 0.748. The van der Waals surface area contributed by atoms with Crippen molar-refractivity contribution in [1.82, 2.24) is 0 Å². The maximum Gasteiger partial charge on any atom is 2.00 e. The molecule has 0 heterocycles. The van der Waals surface area contributed by atoms with Gasteiger partial charge in [-0.3, -0.25) is 6.29 Å². The quantitative estimate of drug-likeness (QED) is 0.687. The zero-order valence-electron chi connectivity index (χ0n) is 3.53. The third-order valence-electron chi connectivity index (χ3n) is 0.279. The molecule has 32 valence electrons. The molecule has 0 saturated heterocycles. The number of carbonyl (C=O) groups excluding carboxylic acids is 1. The van der Waals surface area contributed by atoms with Gasteiger partial charge in [-0.1, -0.05) is 0 Å². The van der Waals surface area contributed by atoms with Crippen molar-refractivity contribution < 1.29 is 35.9 Å².